The molecule has 1 aliphatic rings. The molecule has 1 heterocycles. The van der Waals surface area contributed by atoms with Crippen LogP contribution in [-0.2, 0) is 6.42 Å². The fourth-order valence-electron chi connectivity index (χ4n) is 2.25. The van der Waals surface area contributed by atoms with Gasteiger partial charge in [-0.3, -0.25) is 0 Å². The van der Waals surface area contributed by atoms with Crippen LogP contribution in [-0.4, -0.2) is 10.1 Å². The summed E-state index contributed by atoms with van der Waals surface area (Å²) < 4.78 is 40.2. The first kappa shape index (κ1) is 12.6. The largest absolute Gasteiger partial charge is 0.388 e. The molecule has 100 valence electrons. The molecule has 19 heavy (non-hydrogen) atoms. The number of hydrogen-bond donors (Lipinski definition) is 1. The van der Waals surface area contributed by atoms with Gasteiger partial charge in [-0.05, 0) is 19.3 Å². The Balaban J connectivity index is 2.13. The van der Waals surface area contributed by atoms with Crippen LogP contribution < -0.4 is 0 Å². The summed E-state index contributed by atoms with van der Waals surface area (Å²) in [5.74, 6) is -2.91. The highest BCUT2D eigenvalue weighted by atomic mass is 32.1. The van der Waals surface area contributed by atoms with E-state index < -0.39 is 23.6 Å². The molecule has 0 radical (unpaired) electrons. The van der Waals surface area contributed by atoms with Crippen molar-refractivity contribution in [1.82, 2.24) is 4.98 Å². The summed E-state index contributed by atoms with van der Waals surface area (Å²) in [4.78, 5) is 4.84. The maximum Gasteiger partial charge on any atom is 0.139 e. The number of halogens is 3. The molecule has 1 aromatic carbocycles. The van der Waals surface area contributed by atoms with E-state index >= 15 is 0 Å². The van der Waals surface area contributed by atoms with Crippen molar-refractivity contribution in [3.05, 3.63) is 40.2 Å². The minimum absolute atomic E-state index is 0.154. The van der Waals surface area contributed by atoms with Gasteiger partial charge in [0.05, 0.1) is 22.2 Å². The van der Waals surface area contributed by atoms with E-state index in [1.165, 1.54) is 0 Å². The first-order valence-electron chi connectivity index (χ1n) is 5.89. The molecule has 0 bridgehead atoms. The molecule has 3 rings (SSSR count). The minimum atomic E-state index is -0.974. The van der Waals surface area contributed by atoms with Crippen LogP contribution in [0.1, 0.15) is 29.5 Å². The smallest absolute Gasteiger partial charge is 0.139 e. The minimum Gasteiger partial charge on any atom is -0.388 e. The molecule has 0 saturated carbocycles. The van der Waals surface area contributed by atoms with Crippen LogP contribution in [0.15, 0.2) is 12.1 Å². The third-order valence-corrected chi connectivity index (χ3v) is 4.36. The zero-order valence-electron chi connectivity index (χ0n) is 9.79. The normalized spacial score (nSPS) is 18.4. The van der Waals surface area contributed by atoms with E-state index in [1.807, 2.05) is 0 Å². The van der Waals surface area contributed by atoms with E-state index in [0.717, 1.165) is 17.8 Å². The van der Waals surface area contributed by atoms with Crippen molar-refractivity contribution >= 4 is 11.3 Å². The van der Waals surface area contributed by atoms with Crippen LogP contribution in [0.3, 0.4) is 0 Å². The number of aromatic nitrogens is 1. The Kier molecular flexibility index (Phi) is 3.06. The molecule has 0 aliphatic heterocycles. The predicted octanol–water partition coefficient (Wildman–Crippen LogP) is 3.60. The summed E-state index contributed by atoms with van der Waals surface area (Å²) in [6.45, 7) is 0. The molecular formula is C13H10F3NOS. The lowest BCUT2D eigenvalue weighted by molar-refractivity contribution is 0.160. The Labute approximate surface area is 111 Å². The van der Waals surface area contributed by atoms with E-state index in [1.54, 1.807) is 0 Å². The van der Waals surface area contributed by atoms with Gasteiger partial charge in [0.1, 0.15) is 22.5 Å². The van der Waals surface area contributed by atoms with Crippen molar-refractivity contribution in [1.29, 1.82) is 0 Å². The van der Waals surface area contributed by atoms with Gasteiger partial charge in [-0.1, -0.05) is 0 Å². The second kappa shape index (κ2) is 4.61. The quantitative estimate of drug-likeness (QED) is 0.868. The predicted molar refractivity (Wildman–Crippen MR) is 65.3 cm³/mol. The van der Waals surface area contributed by atoms with Crippen LogP contribution in [0, 0.1) is 17.5 Å². The lowest BCUT2D eigenvalue weighted by atomic mass is 10.0. The molecule has 1 aliphatic carbocycles. The molecule has 0 spiro atoms. The summed E-state index contributed by atoms with van der Waals surface area (Å²) in [5.41, 5.74) is 0.356. The second-order valence-electron chi connectivity index (χ2n) is 4.48. The topological polar surface area (TPSA) is 33.1 Å². The van der Waals surface area contributed by atoms with Crippen molar-refractivity contribution < 1.29 is 18.3 Å². The molecule has 0 saturated heterocycles. The Morgan fingerprint density at radius 2 is 1.89 bits per heavy atom. The van der Waals surface area contributed by atoms with E-state index in [9.17, 15) is 18.3 Å². The van der Waals surface area contributed by atoms with Gasteiger partial charge in [-0.15, -0.1) is 11.3 Å². The summed E-state index contributed by atoms with van der Waals surface area (Å²) >= 11 is 1.07. The fraction of sp³-hybridized carbons (Fsp3) is 0.308. The monoisotopic (exact) mass is 285 g/mol. The third kappa shape index (κ3) is 2.15. The lowest BCUT2D eigenvalue weighted by Crippen LogP contribution is -2.06. The molecule has 0 fully saturated rings. The van der Waals surface area contributed by atoms with Crippen molar-refractivity contribution in [2.75, 3.05) is 0 Å². The number of thiazole rings is 1. The molecule has 1 atom stereocenters. The fourth-order valence-corrected chi connectivity index (χ4v) is 3.43. The first-order chi connectivity index (χ1) is 9.06. The highest BCUT2D eigenvalue weighted by Crippen LogP contribution is 2.39. The van der Waals surface area contributed by atoms with Crippen molar-refractivity contribution in [3.8, 4) is 10.6 Å². The van der Waals surface area contributed by atoms with Gasteiger partial charge in [0, 0.05) is 12.1 Å². The Hall–Kier alpha value is -1.40. The molecule has 1 aromatic heterocycles. The average Bonchev–Trinajstić information content (AvgIpc) is 2.72. The number of aliphatic hydroxyl groups excluding tert-OH is 1. The van der Waals surface area contributed by atoms with Crippen LogP contribution in [0.5, 0.6) is 0 Å². The summed E-state index contributed by atoms with van der Waals surface area (Å²) in [5, 5.41) is 9.98. The van der Waals surface area contributed by atoms with Gasteiger partial charge >= 0.3 is 0 Å². The van der Waals surface area contributed by atoms with Crippen molar-refractivity contribution in [2.24, 2.45) is 0 Å². The molecule has 2 nitrogen and oxygen atoms in total. The number of rotatable bonds is 1. The second-order valence-corrected chi connectivity index (χ2v) is 5.51. The number of aryl methyl sites for hydroxylation is 1. The Bertz CT molecular complexity index is 618. The van der Waals surface area contributed by atoms with E-state index in [-0.39, 0.29) is 10.6 Å². The average molecular weight is 285 g/mol. The lowest BCUT2D eigenvalue weighted by Gasteiger charge is -2.14. The Morgan fingerprint density at radius 1 is 1.21 bits per heavy atom. The van der Waals surface area contributed by atoms with Crippen molar-refractivity contribution in [3.63, 3.8) is 0 Å². The summed E-state index contributed by atoms with van der Waals surface area (Å²) in [6, 6.07) is 1.27. The highest BCUT2D eigenvalue weighted by Gasteiger charge is 2.25. The molecule has 1 N–H and O–H groups in total. The van der Waals surface area contributed by atoms with Crippen LogP contribution >= 0.6 is 11.3 Å². The maximum atomic E-state index is 13.7. The third-order valence-electron chi connectivity index (χ3n) is 3.14. The summed E-state index contributed by atoms with van der Waals surface area (Å²) in [6.07, 6.45) is 1.49. The number of nitrogens with zero attached hydrogens (tertiary/aromatic N) is 1. The standard InChI is InChI=1S/C13H10F3NOS/c14-6-4-7(15)11(8(16)5-6)13-17-9-2-1-3-10(18)12(9)19-13/h4-5,10,18H,1-3H2. The zero-order chi connectivity index (χ0) is 13.6. The van der Waals surface area contributed by atoms with Gasteiger partial charge in [0.2, 0.25) is 0 Å². The van der Waals surface area contributed by atoms with Crippen LogP contribution in [0.4, 0.5) is 13.2 Å². The van der Waals surface area contributed by atoms with Gasteiger partial charge in [0.25, 0.3) is 0 Å². The SMILES string of the molecule is OC1CCCc2nc(-c3c(F)cc(F)cc3F)sc21. The van der Waals surface area contributed by atoms with E-state index in [0.29, 0.717) is 35.5 Å². The summed E-state index contributed by atoms with van der Waals surface area (Å²) in [7, 11) is 0. The number of hydrogen-bond acceptors (Lipinski definition) is 3. The van der Waals surface area contributed by atoms with Crippen molar-refractivity contribution in [2.45, 2.75) is 25.4 Å². The number of fused-ring (bicyclic) bond motifs is 1. The molecular weight excluding hydrogens is 275 g/mol. The Morgan fingerprint density at radius 3 is 2.53 bits per heavy atom. The van der Waals surface area contributed by atoms with Gasteiger partial charge < -0.3 is 5.11 Å². The molecule has 0 amide bonds. The zero-order valence-corrected chi connectivity index (χ0v) is 10.6. The molecule has 2 aromatic rings. The first-order valence-corrected chi connectivity index (χ1v) is 6.70. The highest BCUT2D eigenvalue weighted by molar-refractivity contribution is 7.15. The van der Waals surface area contributed by atoms with Gasteiger partial charge in [-0.25, -0.2) is 18.2 Å². The van der Waals surface area contributed by atoms with E-state index in [2.05, 4.69) is 4.98 Å². The molecule has 1 unspecified atom stereocenters. The maximum absolute atomic E-state index is 13.7. The van der Waals surface area contributed by atoms with Gasteiger partial charge in [0.15, 0.2) is 0 Å². The van der Waals surface area contributed by atoms with Crippen LogP contribution in [0.2, 0.25) is 0 Å². The number of aliphatic hydroxyl groups is 1. The molecule has 6 heteroatoms. The van der Waals surface area contributed by atoms with E-state index in [4.69, 9.17) is 0 Å². The number of benzene rings is 1. The van der Waals surface area contributed by atoms with Crippen LogP contribution in [0.25, 0.3) is 10.6 Å². The van der Waals surface area contributed by atoms with Gasteiger partial charge in [-0.2, -0.15) is 0 Å².